The van der Waals surface area contributed by atoms with E-state index in [2.05, 4.69) is 38.3 Å². The zero-order chi connectivity index (χ0) is 16.1. The number of aliphatic imine (C=N–C) groups is 1. The number of nitrogens with zero attached hydrogens (tertiary/aromatic N) is 5. The number of hydrazone groups is 1. The van der Waals surface area contributed by atoms with Crippen LogP contribution < -0.4 is 5.32 Å². The highest BCUT2D eigenvalue weighted by Crippen LogP contribution is 2.25. The lowest BCUT2D eigenvalue weighted by atomic mass is 10.2. The van der Waals surface area contributed by atoms with Crippen LogP contribution in [0.5, 0.6) is 0 Å². The molecule has 23 heavy (non-hydrogen) atoms. The number of piperazine rings is 1. The lowest BCUT2D eigenvalue weighted by molar-refractivity contribution is 0.0827. The molecule has 1 N–H and O–H groups in total. The summed E-state index contributed by atoms with van der Waals surface area (Å²) in [6, 6.07) is 0. The van der Waals surface area contributed by atoms with Gasteiger partial charge >= 0.3 is 0 Å². The molecule has 0 aromatic heterocycles. The molecule has 3 aliphatic rings. The number of fused-ring (bicyclic) bond motifs is 1. The summed E-state index contributed by atoms with van der Waals surface area (Å²) in [7, 11) is 1.70. The van der Waals surface area contributed by atoms with Crippen LogP contribution in [0.2, 0.25) is 0 Å². The molecule has 3 heterocycles. The van der Waals surface area contributed by atoms with Gasteiger partial charge in [0.2, 0.25) is 0 Å². The zero-order valence-electron chi connectivity index (χ0n) is 13.8. The smallest absolute Gasteiger partial charge is 0.180 e. The molecule has 0 aromatic rings. The minimum Gasteiger partial charge on any atom is -0.383 e. The lowest BCUT2D eigenvalue weighted by Crippen LogP contribution is -2.52. The first kappa shape index (κ1) is 16.0. The molecule has 0 amide bonds. The fourth-order valence-electron chi connectivity index (χ4n) is 2.90. The number of allylic oxidation sites excluding steroid dienone is 1. The van der Waals surface area contributed by atoms with Crippen LogP contribution in [-0.2, 0) is 4.74 Å². The van der Waals surface area contributed by atoms with Crippen LogP contribution >= 0.6 is 0 Å². The molecule has 1 saturated heterocycles. The Balaban J connectivity index is 1.80. The number of hydrogen-bond donors (Lipinski definition) is 1. The predicted octanol–water partition coefficient (Wildman–Crippen LogP) is -0.256. The highest BCUT2D eigenvalue weighted by molar-refractivity contribution is 6.39. The molecule has 3 aliphatic heterocycles. The maximum atomic E-state index is 5.14. The molecule has 1 fully saturated rings. The van der Waals surface area contributed by atoms with E-state index in [9.17, 15) is 0 Å². The second-order valence-corrected chi connectivity index (χ2v) is 5.62. The molecule has 0 aromatic carbocycles. The number of rotatable bonds is 5. The van der Waals surface area contributed by atoms with E-state index in [0.29, 0.717) is 13.2 Å². The van der Waals surface area contributed by atoms with Crippen molar-refractivity contribution in [3.05, 3.63) is 11.9 Å². The number of methoxy groups -OCH3 is 1. The summed E-state index contributed by atoms with van der Waals surface area (Å²) < 4.78 is 5.14. The maximum Gasteiger partial charge on any atom is 0.180 e. The fourth-order valence-corrected chi connectivity index (χ4v) is 2.90. The molecule has 3 rings (SSSR count). The van der Waals surface area contributed by atoms with E-state index in [0.717, 1.165) is 44.1 Å². The Labute approximate surface area is 137 Å². The number of hydrogen-bond acceptors (Lipinski definition) is 7. The van der Waals surface area contributed by atoms with Crippen molar-refractivity contribution >= 4 is 11.9 Å². The summed E-state index contributed by atoms with van der Waals surface area (Å²) in [6.45, 7) is 7.92. The third-order valence-electron chi connectivity index (χ3n) is 4.13. The summed E-state index contributed by atoms with van der Waals surface area (Å²) >= 11 is 0. The molecule has 0 saturated carbocycles. The molecule has 124 valence electrons. The van der Waals surface area contributed by atoms with Gasteiger partial charge in [-0.15, -0.1) is 5.92 Å². The molecule has 7 heteroatoms. The Bertz CT molecular complexity index is 567. The standard InChI is InChI=1S/C16H24N6O/c1-3-4-7-22-15-13-21(10-11-23-2)18-12-14(15)19-16(22)20-8-5-17-6-9-20/h12-13,16-17H,5-11H2,1-2H3. The van der Waals surface area contributed by atoms with Crippen LogP contribution in [0.4, 0.5) is 0 Å². The van der Waals surface area contributed by atoms with Crippen molar-refractivity contribution in [3.63, 3.8) is 0 Å². The third kappa shape index (κ3) is 3.55. The zero-order valence-corrected chi connectivity index (χ0v) is 13.8. The van der Waals surface area contributed by atoms with Gasteiger partial charge in [-0.1, -0.05) is 5.92 Å². The molecule has 1 atom stereocenters. The van der Waals surface area contributed by atoms with E-state index < -0.39 is 0 Å². The highest BCUT2D eigenvalue weighted by atomic mass is 16.5. The van der Waals surface area contributed by atoms with E-state index in [1.54, 1.807) is 7.11 Å². The predicted molar refractivity (Wildman–Crippen MR) is 91.0 cm³/mol. The summed E-state index contributed by atoms with van der Waals surface area (Å²) in [4.78, 5) is 9.54. The van der Waals surface area contributed by atoms with Gasteiger partial charge in [0.1, 0.15) is 5.71 Å². The van der Waals surface area contributed by atoms with Crippen molar-refractivity contribution in [3.8, 4) is 11.8 Å². The Hall–Kier alpha value is -1.88. The molecular weight excluding hydrogens is 292 g/mol. The first-order valence-corrected chi connectivity index (χ1v) is 8.04. The van der Waals surface area contributed by atoms with Crippen molar-refractivity contribution in [1.29, 1.82) is 0 Å². The van der Waals surface area contributed by atoms with E-state index >= 15 is 0 Å². The summed E-state index contributed by atoms with van der Waals surface area (Å²) in [5.74, 6) is 6.17. The van der Waals surface area contributed by atoms with Crippen molar-refractivity contribution in [2.75, 3.05) is 53.0 Å². The van der Waals surface area contributed by atoms with E-state index in [4.69, 9.17) is 9.73 Å². The maximum absolute atomic E-state index is 5.14. The molecule has 7 nitrogen and oxygen atoms in total. The highest BCUT2D eigenvalue weighted by Gasteiger charge is 2.35. The van der Waals surface area contributed by atoms with Gasteiger partial charge in [0.05, 0.1) is 31.6 Å². The largest absolute Gasteiger partial charge is 0.383 e. The number of nitrogens with one attached hydrogen (secondary N) is 1. The van der Waals surface area contributed by atoms with Crippen LogP contribution in [0.25, 0.3) is 0 Å². The monoisotopic (exact) mass is 316 g/mol. The summed E-state index contributed by atoms with van der Waals surface area (Å²) in [5, 5.41) is 9.73. The molecular formula is C16H24N6O. The van der Waals surface area contributed by atoms with Gasteiger partial charge in [-0.3, -0.25) is 9.91 Å². The van der Waals surface area contributed by atoms with Gasteiger partial charge in [0.25, 0.3) is 0 Å². The van der Waals surface area contributed by atoms with Crippen LogP contribution in [0.1, 0.15) is 6.92 Å². The number of ether oxygens (including phenoxy) is 1. The average Bonchev–Trinajstić information content (AvgIpc) is 2.96. The fraction of sp³-hybridized carbons (Fsp3) is 0.625. The average molecular weight is 316 g/mol. The minimum absolute atomic E-state index is 0.0213. The Morgan fingerprint density at radius 1 is 1.39 bits per heavy atom. The normalized spacial score (nSPS) is 24.0. The van der Waals surface area contributed by atoms with E-state index in [1.165, 1.54) is 0 Å². The van der Waals surface area contributed by atoms with Crippen molar-refractivity contribution < 1.29 is 4.74 Å². The lowest BCUT2D eigenvalue weighted by Gasteiger charge is -2.36. The molecule has 1 unspecified atom stereocenters. The Kier molecular flexibility index (Phi) is 5.28. The molecule has 0 spiro atoms. The Morgan fingerprint density at radius 3 is 2.96 bits per heavy atom. The van der Waals surface area contributed by atoms with Crippen molar-refractivity contribution in [1.82, 2.24) is 20.1 Å². The first-order chi connectivity index (χ1) is 11.3. The van der Waals surface area contributed by atoms with Gasteiger partial charge < -0.3 is 15.0 Å². The summed E-state index contributed by atoms with van der Waals surface area (Å²) in [6.07, 6.45) is 3.92. The van der Waals surface area contributed by atoms with E-state index in [1.807, 2.05) is 18.1 Å². The second-order valence-electron chi connectivity index (χ2n) is 5.62. The Morgan fingerprint density at radius 2 is 2.22 bits per heavy atom. The molecule has 0 radical (unpaired) electrons. The van der Waals surface area contributed by atoms with Gasteiger partial charge in [0, 0.05) is 39.5 Å². The van der Waals surface area contributed by atoms with Crippen LogP contribution in [0, 0.1) is 11.8 Å². The first-order valence-electron chi connectivity index (χ1n) is 8.04. The summed E-state index contributed by atoms with van der Waals surface area (Å²) in [5.41, 5.74) is 2.04. The molecule has 0 aliphatic carbocycles. The van der Waals surface area contributed by atoms with Crippen LogP contribution in [0.15, 0.2) is 22.0 Å². The van der Waals surface area contributed by atoms with Gasteiger partial charge in [-0.2, -0.15) is 5.10 Å². The molecule has 0 bridgehead atoms. The van der Waals surface area contributed by atoms with Gasteiger partial charge in [0.15, 0.2) is 6.29 Å². The van der Waals surface area contributed by atoms with Crippen LogP contribution in [0.3, 0.4) is 0 Å². The SMILES string of the molecule is CC#CCN1C2=CN(CCOC)N=CC2=NC1N1CCNCC1. The minimum atomic E-state index is 0.0213. The van der Waals surface area contributed by atoms with Crippen LogP contribution in [-0.4, -0.2) is 86.0 Å². The van der Waals surface area contributed by atoms with E-state index in [-0.39, 0.29) is 6.29 Å². The van der Waals surface area contributed by atoms with Crippen molar-refractivity contribution in [2.24, 2.45) is 10.1 Å². The van der Waals surface area contributed by atoms with Gasteiger partial charge in [-0.05, 0) is 6.92 Å². The quantitative estimate of drug-likeness (QED) is 0.709. The second kappa shape index (κ2) is 7.59. The third-order valence-corrected chi connectivity index (χ3v) is 4.13. The topological polar surface area (TPSA) is 55.7 Å². The van der Waals surface area contributed by atoms with Crippen molar-refractivity contribution in [2.45, 2.75) is 13.2 Å². The van der Waals surface area contributed by atoms with Gasteiger partial charge in [-0.25, -0.2) is 4.99 Å².